The molecule has 1 atom stereocenters. The number of rotatable bonds is 5. The molecule has 104 valence electrons. The minimum atomic E-state index is -0.413. The van der Waals surface area contributed by atoms with Gasteiger partial charge in [0, 0.05) is 25.9 Å². The Morgan fingerprint density at radius 3 is 3.11 bits per heavy atom. The maximum Gasteiger partial charge on any atom is 0.254 e. The van der Waals surface area contributed by atoms with E-state index in [1.54, 1.807) is 7.11 Å². The quantitative estimate of drug-likeness (QED) is 0.826. The van der Waals surface area contributed by atoms with Crippen molar-refractivity contribution in [3.63, 3.8) is 0 Å². The summed E-state index contributed by atoms with van der Waals surface area (Å²) in [4.78, 5) is 12.1. The van der Waals surface area contributed by atoms with E-state index in [0.717, 1.165) is 24.2 Å². The monoisotopic (exact) mass is 264 g/mol. The molecular formula is C14H20N2O3. The second kappa shape index (κ2) is 7.23. The first-order valence-electron chi connectivity index (χ1n) is 6.51. The molecule has 1 aliphatic heterocycles. The lowest BCUT2D eigenvalue weighted by molar-refractivity contribution is -0.128. The number of hydrogen-bond acceptors (Lipinski definition) is 4. The molecule has 2 rings (SSSR count). The number of hydrogen-bond donors (Lipinski definition) is 2. The molecule has 1 unspecified atom stereocenters. The van der Waals surface area contributed by atoms with Gasteiger partial charge >= 0.3 is 0 Å². The summed E-state index contributed by atoms with van der Waals surface area (Å²) in [5.41, 5.74) is 1.90. The van der Waals surface area contributed by atoms with Crippen LogP contribution in [0.5, 0.6) is 0 Å². The van der Waals surface area contributed by atoms with Gasteiger partial charge in [-0.3, -0.25) is 4.79 Å². The van der Waals surface area contributed by atoms with E-state index in [9.17, 15) is 4.79 Å². The summed E-state index contributed by atoms with van der Waals surface area (Å²) in [7, 11) is 1.67. The van der Waals surface area contributed by atoms with Gasteiger partial charge in [-0.25, -0.2) is 0 Å². The summed E-state index contributed by atoms with van der Waals surface area (Å²) < 4.78 is 10.5. The number of carbonyl (C=O) groups is 1. The van der Waals surface area contributed by atoms with Crippen LogP contribution in [0.1, 0.15) is 5.56 Å². The second-order valence-corrected chi connectivity index (χ2v) is 4.45. The summed E-state index contributed by atoms with van der Waals surface area (Å²) in [6, 6.07) is 7.76. The highest BCUT2D eigenvalue weighted by molar-refractivity contribution is 5.95. The first kappa shape index (κ1) is 14.0. The molecule has 0 radical (unpaired) electrons. The number of ether oxygens (including phenoxy) is 2. The Labute approximate surface area is 113 Å². The molecule has 19 heavy (non-hydrogen) atoms. The van der Waals surface area contributed by atoms with Gasteiger partial charge in [0.25, 0.3) is 5.91 Å². The Bertz CT molecular complexity index is 417. The number of carbonyl (C=O) groups excluding carboxylic acids is 1. The molecule has 0 aromatic heterocycles. The molecule has 1 fully saturated rings. The van der Waals surface area contributed by atoms with Gasteiger partial charge in [0.1, 0.15) is 6.10 Å². The maximum atomic E-state index is 12.1. The van der Waals surface area contributed by atoms with Crippen molar-refractivity contribution in [1.29, 1.82) is 0 Å². The van der Waals surface area contributed by atoms with Crippen molar-refractivity contribution >= 4 is 11.6 Å². The first-order valence-corrected chi connectivity index (χ1v) is 6.51. The molecule has 1 heterocycles. The fourth-order valence-corrected chi connectivity index (χ4v) is 2.02. The molecule has 5 nitrogen and oxygen atoms in total. The van der Waals surface area contributed by atoms with Gasteiger partial charge in [-0.05, 0) is 18.1 Å². The lowest BCUT2D eigenvalue weighted by atomic mass is 10.1. The van der Waals surface area contributed by atoms with Gasteiger partial charge in [0.05, 0.1) is 13.2 Å². The third kappa shape index (κ3) is 4.02. The van der Waals surface area contributed by atoms with Crippen molar-refractivity contribution in [3.05, 3.63) is 29.8 Å². The minimum Gasteiger partial charge on any atom is -0.384 e. The summed E-state index contributed by atoms with van der Waals surface area (Å²) in [6.07, 6.45) is 0.362. The van der Waals surface area contributed by atoms with Crippen molar-refractivity contribution in [2.24, 2.45) is 0 Å². The zero-order valence-electron chi connectivity index (χ0n) is 11.1. The minimum absolute atomic E-state index is 0.0999. The van der Waals surface area contributed by atoms with Crippen molar-refractivity contribution in [1.82, 2.24) is 5.32 Å². The Kier molecular flexibility index (Phi) is 5.32. The van der Waals surface area contributed by atoms with Crippen molar-refractivity contribution in [2.45, 2.75) is 12.5 Å². The van der Waals surface area contributed by atoms with E-state index in [0.29, 0.717) is 19.8 Å². The SMILES string of the molecule is COCCc1ccccc1NC(=O)C1CNCCO1. The molecule has 2 N–H and O–H groups in total. The number of benzene rings is 1. The van der Waals surface area contributed by atoms with Gasteiger partial charge in [0.15, 0.2) is 0 Å². The molecular weight excluding hydrogens is 244 g/mol. The van der Waals surface area contributed by atoms with Crippen LogP contribution in [0, 0.1) is 0 Å². The number of morpholine rings is 1. The van der Waals surface area contributed by atoms with Crippen LogP contribution in [0.25, 0.3) is 0 Å². The average Bonchev–Trinajstić information content (AvgIpc) is 2.47. The van der Waals surface area contributed by atoms with Gasteiger partial charge in [-0.1, -0.05) is 18.2 Å². The van der Waals surface area contributed by atoms with Crippen LogP contribution in [-0.2, 0) is 20.7 Å². The summed E-state index contributed by atoms with van der Waals surface area (Å²) in [6.45, 7) is 2.57. The predicted octanol–water partition coefficient (Wildman–Crippen LogP) is 0.802. The largest absolute Gasteiger partial charge is 0.384 e. The fraction of sp³-hybridized carbons (Fsp3) is 0.500. The Morgan fingerprint density at radius 2 is 2.37 bits per heavy atom. The van der Waals surface area contributed by atoms with Gasteiger partial charge in [0.2, 0.25) is 0 Å². The summed E-state index contributed by atoms with van der Waals surface area (Å²) in [5.74, 6) is -0.0999. The first-order chi connectivity index (χ1) is 9.31. The van der Waals surface area contributed by atoms with Gasteiger partial charge < -0.3 is 20.1 Å². The van der Waals surface area contributed by atoms with Crippen molar-refractivity contribution < 1.29 is 14.3 Å². The molecule has 1 aromatic rings. The zero-order chi connectivity index (χ0) is 13.5. The number of amides is 1. The third-order valence-electron chi connectivity index (χ3n) is 3.07. The van der Waals surface area contributed by atoms with Crippen LogP contribution in [0.4, 0.5) is 5.69 Å². The summed E-state index contributed by atoms with van der Waals surface area (Å²) >= 11 is 0. The molecule has 1 aliphatic rings. The van der Waals surface area contributed by atoms with E-state index < -0.39 is 6.10 Å². The lowest BCUT2D eigenvalue weighted by Gasteiger charge is -2.23. The number of para-hydroxylation sites is 1. The molecule has 0 saturated carbocycles. The van der Waals surface area contributed by atoms with Crippen molar-refractivity contribution in [2.75, 3.05) is 38.7 Å². The highest BCUT2D eigenvalue weighted by atomic mass is 16.5. The third-order valence-corrected chi connectivity index (χ3v) is 3.07. The number of methoxy groups -OCH3 is 1. The molecule has 1 aromatic carbocycles. The van der Waals surface area contributed by atoms with Gasteiger partial charge in [-0.2, -0.15) is 0 Å². The molecule has 0 spiro atoms. The van der Waals surface area contributed by atoms with E-state index in [-0.39, 0.29) is 5.91 Å². The summed E-state index contributed by atoms with van der Waals surface area (Å²) in [5, 5.41) is 6.07. The maximum absolute atomic E-state index is 12.1. The highest BCUT2D eigenvalue weighted by Crippen LogP contribution is 2.16. The fourth-order valence-electron chi connectivity index (χ4n) is 2.02. The predicted molar refractivity (Wildman–Crippen MR) is 73.3 cm³/mol. The van der Waals surface area contributed by atoms with Crippen LogP contribution in [0.2, 0.25) is 0 Å². The van der Waals surface area contributed by atoms with E-state index in [4.69, 9.17) is 9.47 Å². The van der Waals surface area contributed by atoms with Crippen LogP contribution in [-0.4, -0.2) is 45.4 Å². The second-order valence-electron chi connectivity index (χ2n) is 4.45. The van der Waals surface area contributed by atoms with Crippen LogP contribution in [0.15, 0.2) is 24.3 Å². The Morgan fingerprint density at radius 1 is 1.53 bits per heavy atom. The highest BCUT2D eigenvalue weighted by Gasteiger charge is 2.22. The Balaban J connectivity index is 1.99. The molecule has 0 bridgehead atoms. The normalized spacial score (nSPS) is 19.1. The molecule has 1 saturated heterocycles. The van der Waals surface area contributed by atoms with E-state index >= 15 is 0 Å². The van der Waals surface area contributed by atoms with E-state index in [1.807, 2.05) is 24.3 Å². The topological polar surface area (TPSA) is 59.6 Å². The standard InChI is InChI=1S/C14H20N2O3/c1-18-8-6-11-4-2-3-5-12(11)16-14(17)13-10-15-7-9-19-13/h2-5,13,15H,6-10H2,1H3,(H,16,17). The van der Waals surface area contributed by atoms with E-state index in [1.165, 1.54) is 0 Å². The van der Waals surface area contributed by atoms with Gasteiger partial charge in [-0.15, -0.1) is 0 Å². The average molecular weight is 264 g/mol. The molecule has 0 aliphatic carbocycles. The van der Waals surface area contributed by atoms with Crippen LogP contribution < -0.4 is 10.6 Å². The van der Waals surface area contributed by atoms with Crippen LogP contribution in [0.3, 0.4) is 0 Å². The number of nitrogens with one attached hydrogen (secondary N) is 2. The molecule has 5 heteroatoms. The van der Waals surface area contributed by atoms with E-state index in [2.05, 4.69) is 10.6 Å². The number of anilines is 1. The van der Waals surface area contributed by atoms with Crippen LogP contribution >= 0.6 is 0 Å². The smallest absolute Gasteiger partial charge is 0.254 e. The zero-order valence-corrected chi connectivity index (χ0v) is 11.1. The Hall–Kier alpha value is -1.43. The van der Waals surface area contributed by atoms with Crippen molar-refractivity contribution in [3.8, 4) is 0 Å². The lowest BCUT2D eigenvalue weighted by Crippen LogP contribution is -2.45. The molecule has 1 amide bonds.